The molecule has 0 fully saturated rings. The van der Waals surface area contributed by atoms with E-state index >= 15 is 0 Å². The van der Waals surface area contributed by atoms with Crippen molar-refractivity contribution in [3.05, 3.63) is 192 Å². The quantitative estimate of drug-likeness (QED) is 0.133. The van der Waals surface area contributed by atoms with Crippen molar-refractivity contribution in [2.75, 3.05) is 0 Å². The fourth-order valence-corrected chi connectivity index (χ4v) is 7.93. The molecule has 4 N–H and O–H groups in total. The average molecular weight is 773 g/mol. The summed E-state index contributed by atoms with van der Waals surface area (Å²) in [5.41, 5.74) is 5.61. The van der Waals surface area contributed by atoms with Crippen LogP contribution in [0.4, 0.5) is 0 Å². The molecule has 0 aliphatic rings. The van der Waals surface area contributed by atoms with Crippen LogP contribution in [-0.4, -0.2) is 30.4 Å². The predicted octanol–water partition coefficient (Wildman–Crippen LogP) is 11.7. The van der Waals surface area contributed by atoms with Gasteiger partial charge in [-0.3, -0.25) is 9.97 Å². The van der Waals surface area contributed by atoms with Gasteiger partial charge in [0.2, 0.25) is 0 Å². The lowest BCUT2D eigenvalue weighted by atomic mass is 9.90. The Morgan fingerprint density at radius 2 is 0.700 bits per heavy atom. The molecule has 0 saturated heterocycles. The summed E-state index contributed by atoms with van der Waals surface area (Å²) in [7, 11) is 0. The number of rotatable bonds is 3. The zero-order valence-corrected chi connectivity index (χ0v) is 31.8. The van der Waals surface area contributed by atoms with Crippen LogP contribution in [-0.2, 0) is 0 Å². The van der Waals surface area contributed by atoms with Gasteiger partial charge in [0.15, 0.2) is 0 Å². The molecule has 0 saturated carbocycles. The molecular formula is C54H32N2O4. The molecule has 0 atom stereocenters. The van der Waals surface area contributed by atoms with Gasteiger partial charge < -0.3 is 20.4 Å². The first-order valence-electron chi connectivity index (χ1n) is 19.3. The molecule has 0 unspecified atom stereocenters. The summed E-state index contributed by atoms with van der Waals surface area (Å²) in [5.74, 6) is 12.7. The van der Waals surface area contributed by atoms with Gasteiger partial charge in [0.05, 0.1) is 22.5 Å². The lowest BCUT2D eigenvalue weighted by Crippen LogP contribution is -1.91. The number of fused-ring (bicyclic) bond motifs is 4. The number of hydrogen-bond donors (Lipinski definition) is 4. The number of pyridine rings is 2. The number of nitrogens with zero attached hydrogens (tertiary/aromatic N) is 2. The normalized spacial score (nSPS) is 11.0. The van der Waals surface area contributed by atoms with E-state index in [-0.39, 0.29) is 23.0 Å². The van der Waals surface area contributed by atoms with E-state index < -0.39 is 0 Å². The van der Waals surface area contributed by atoms with Crippen LogP contribution in [0.1, 0.15) is 22.3 Å². The SMILES string of the molecule is Oc1ccc2ccccc2c1-c1c(O)c(C#Cc2ccc(-c3ccc(C#Cc4cc5ccccc5c(-c5c(O)ccc6ccccc56)c4O)cn3)nc2)cc2ccccc12. The summed E-state index contributed by atoms with van der Waals surface area (Å²) in [6.45, 7) is 0. The molecule has 0 aliphatic heterocycles. The van der Waals surface area contributed by atoms with Gasteiger partial charge in [-0.25, -0.2) is 0 Å². The van der Waals surface area contributed by atoms with Crippen LogP contribution in [0.3, 0.4) is 0 Å². The van der Waals surface area contributed by atoms with Gasteiger partial charge in [0.25, 0.3) is 0 Å². The molecule has 0 spiro atoms. The molecule has 60 heavy (non-hydrogen) atoms. The van der Waals surface area contributed by atoms with Crippen LogP contribution in [0, 0.1) is 23.7 Å². The number of hydrogen-bond acceptors (Lipinski definition) is 6. The fraction of sp³-hybridized carbons (Fsp3) is 0. The molecule has 10 rings (SSSR count). The largest absolute Gasteiger partial charge is 0.507 e. The van der Waals surface area contributed by atoms with E-state index in [2.05, 4.69) is 33.6 Å². The summed E-state index contributed by atoms with van der Waals surface area (Å²) >= 11 is 0. The van der Waals surface area contributed by atoms with Gasteiger partial charge in [-0.1, -0.05) is 133 Å². The van der Waals surface area contributed by atoms with Gasteiger partial charge >= 0.3 is 0 Å². The van der Waals surface area contributed by atoms with Gasteiger partial charge in [-0.05, 0) is 91.6 Å². The first-order chi connectivity index (χ1) is 29.4. The van der Waals surface area contributed by atoms with Crippen molar-refractivity contribution in [3.8, 4) is 80.3 Å². The Kier molecular flexibility index (Phi) is 8.79. The Balaban J connectivity index is 0.942. The molecule has 6 nitrogen and oxygen atoms in total. The topological polar surface area (TPSA) is 107 Å². The number of phenolic OH excluding ortho intramolecular Hbond substituents is 4. The van der Waals surface area contributed by atoms with Gasteiger partial charge in [-0.15, -0.1) is 0 Å². The molecule has 10 aromatic rings. The zero-order valence-electron chi connectivity index (χ0n) is 31.8. The maximum absolute atomic E-state index is 11.7. The lowest BCUT2D eigenvalue weighted by Gasteiger charge is -2.15. The van der Waals surface area contributed by atoms with Crippen LogP contribution >= 0.6 is 0 Å². The molecule has 0 radical (unpaired) electrons. The van der Waals surface area contributed by atoms with E-state index in [0.29, 0.717) is 55.9 Å². The van der Waals surface area contributed by atoms with Crippen molar-refractivity contribution in [2.45, 2.75) is 0 Å². The summed E-state index contributed by atoms with van der Waals surface area (Å²) < 4.78 is 0. The molecule has 6 heteroatoms. The smallest absolute Gasteiger partial charge is 0.139 e. The van der Waals surface area contributed by atoms with Crippen molar-refractivity contribution in [2.24, 2.45) is 0 Å². The minimum atomic E-state index is -0.00907. The minimum absolute atomic E-state index is 0.00907. The van der Waals surface area contributed by atoms with E-state index in [4.69, 9.17) is 0 Å². The van der Waals surface area contributed by atoms with Crippen LogP contribution < -0.4 is 0 Å². The number of benzene rings is 8. The fourth-order valence-electron chi connectivity index (χ4n) is 7.93. The third-order valence-corrected chi connectivity index (χ3v) is 10.8. The molecule has 0 aliphatic carbocycles. The van der Waals surface area contributed by atoms with Crippen molar-refractivity contribution in [1.29, 1.82) is 0 Å². The van der Waals surface area contributed by atoms with E-state index in [0.717, 1.165) is 43.1 Å². The van der Waals surface area contributed by atoms with Crippen molar-refractivity contribution in [3.63, 3.8) is 0 Å². The van der Waals surface area contributed by atoms with Gasteiger partial charge in [0, 0.05) is 45.8 Å². The zero-order chi connectivity index (χ0) is 40.7. The number of phenols is 4. The highest BCUT2D eigenvalue weighted by molar-refractivity contribution is 6.12. The lowest BCUT2D eigenvalue weighted by molar-refractivity contribution is 0.469. The van der Waals surface area contributed by atoms with Gasteiger partial charge in [0.1, 0.15) is 23.0 Å². The Morgan fingerprint density at radius 1 is 0.333 bits per heavy atom. The van der Waals surface area contributed by atoms with E-state index in [1.165, 1.54) is 0 Å². The predicted molar refractivity (Wildman–Crippen MR) is 240 cm³/mol. The summed E-state index contributed by atoms with van der Waals surface area (Å²) in [6.07, 6.45) is 3.34. The van der Waals surface area contributed by atoms with Crippen LogP contribution in [0.5, 0.6) is 23.0 Å². The molecule has 2 aromatic heterocycles. The van der Waals surface area contributed by atoms with Crippen LogP contribution in [0.25, 0.3) is 76.7 Å². The Hall–Kier alpha value is -8.58. The second-order valence-electron chi connectivity index (χ2n) is 14.5. The van der Waals surface area contributed by atoms with E-state index in [9.17, 15) is 20.4 Å². The Bertz CT molecular complexity index is 3250. The van der Waals surface area contributed by atoms with E-state index in [1.807, 2.05) is 146 Å². The molecular weight excluding hydrogens is 741 g/mol. The maximum Gasteiger partial charge on any atom is 0.139 e. The first kappa shape index (κ1) is 35.8. The van der Waals surface area contributed by atoms with Crippen molar-refractivity contribution in [1.82, 2.24) is 9.97 Å². The van der Waals surface area contributed by atoms with Crippen molar-refractivity contribution < 1.29 is 20.4 Å². The second kappa shape index (κ2) is 14.7. The highest BCUT2D eigenvalue weighted by atomic mass is 16.3. The molecule has 282 valence electrons. The van der Waals surface area contributed by atoms with Crippen LogP contribution in [0.15, 0.2) is 170 Å². The monoisotopic (exact) mass is 772 g/mol. The third kappa shape index (κ3) is 6.32. The maximum atomic E-state index is 11.7. The highest BCUT2D eigenvalue weighted by Gasteiger charge is 2.21. The number of aromatic nitrogens is 2. The average Bonchev–Trinajstić information content (AvgIpc) is 3.29. The molecule has 0 bridgehead atoms. The van der Waals surface area contributed by atoms with Crippen molar-refractivity contribution >= 4 is 43.1 Å². The second-order valence-corrected chi connectivity index (χ2v) is 14.5. The Morgan fingerprint density at radius 3 is 1.08 bits per heavy atom. The third-order valence-electron chi connectivity index (χ3n) is 10.8. The number of aromatic hydroxyl groups is 4. The molecule has 8 aromatic carbocycles. The standard InChI is InChI=1S/C54H32N2O4/c57-47-27-23-35-9-1-5-13-41(35)49(47)51-43-15-7-3-11-37(43)29-39(53(51)59)21-17-33-19-25-45(55-31-33)46-26-20-34(32-56-46)18-22-40-30-38-12-4-8-16-44(38)52(54(40)60)50-42-14-6-2-10-36(42)24-28-48(50)58/h1-16,19-20,23-32,57-60H. The first-order valence-corrected chi connectivity index (χ1v) is 19.3. The minimum Gasteiger partial charge on any atom is -0.507 e. The summed E-state index contributed by atoms with van der Waals surface area (Å²) in [6, 6.07) is 49.2. The molecule has 0 amide bonds. The van der Waals surface area contributed by atoms with Gasteiger partial charge in [-0.2, -0.15) is 0 Å². The van der Waals surface area contributed by atoms with Crippen LogP contribution in [0.2, 0.25) is 0 Å². The summed E-state index contributed by atoms with van der Waals surface area (Å²) in [4.78, 5) is 9.25. The van der Waals surface area contributed by atoms with E-state index in [1.54, 1.807) is 24.5 Å². The highest BCUT2D eigenvalue weighted by Crippen LogP contribution is 2.47. The Labute approximate surface area is 345 Å². The summed E-state index contributed by atoms with van der Waals surface area (Å²) in [5, 5.41) is 52.5. The molecule has 2 heterocycles.